The Labute approximate surface area is 184 Å². The molecule has 0 aliphatic rings. The van der Waals surface area contributed by atoms with Gasteiger partial charge in [0.1, 0.15) is 23.3 Å². The van der Waals surface area contributed by atoms with Gasteiger partial charge >= 0.3 is 0 Å². The number of carbonyl (C=O) groups excluding carboxylic acids is 1. The van der Waals surface area contributed by atoms with E-state index in [1.165, 1.54) is 33.1 Å². The van der Waals surface area contributed by atoms with Crippen LogP contribution in [-0.4, -0.2) is 35.7 Å². The third-order valence-electron chi connectivity index (χ3n) is 4.53. The van der Waals surface area contributed by atoms with Gasteiger partial charge in [-0.2, -0.15) is 10.4 Å². The summed E-state index contributed by atoms with van der Waals surface area (Å²) in [5, 5.41) is 24.9. The Balaban J connectivity index is 1.65. The Morgan fingerprint density at radius 2 is 2.00 bits per heavy atom. The lowest BCUT2D eigenvalue weighted by molar-refractivity contribution is -0.115. The molecule has 0 saturated carbocycles. The molecule has 8 nitrogen and oxygen atoms in total. The first-order valence-electron chi connectivity index (χ1n) is 9.40. The number of anilines is 1. The maximum absolute atomic E-state index is 12.8. The number of hydrogen-bond acceptors (Lipinski definition) is 7. The lowest BCUT2D eigenvalue weighted by atomic mass is 10.2. The Morgan fingerprint density at radius 1 is 1.27 bits per heavy atom. The molecule has 2 aromatic heterocycles. The molecule has 0 saturated heterocycles. The van der Waals surface area contributed by atoms with E-state index in [0.717, 1.165) is 5.82 Å². The molecule has 10 heteroatoms. The normalized spacial score (nSPS) is 11.8. The van der Waals surface area contributed by atoms with Crippen molar-refractivity contribution < 1.29 is 4.79 Å². The number of nitrogens with zero attached hydrogens (tertiary/aromatic N) is 6. The molecule has 30 heavy (non-hydrogen) atoms. The van der Waals surface area contributed by atoms with Gasteiger partial charge in [0, 0.05) is 19.0 Å². The van der Waals surface area contributed by atoms with Gasteiger partial charge in [0.25, 0.3) is 0 Å². The molecule has 3 rings (SSSR count). The summed E-state index contributed by atoms with van der Waals surface area (Å²) in [6, 6.07) is 10.4. The van der Waals surface area contributed by atoms with Crippen LogP contribution in [0.2, 0.25) is 0 Å². The Morgan fingerprint density at radius 3 is 2.67 bits per heavy atom. The van der Waals surface area contributed by atoms with Crippen LogP contribution in [0.3, 0.4) is 0 Å². The molecule has 1 unspecified atom stereocenters. The van der Waals surface area contributed by atoms with E-state index >= 15 is 0 Å². The fraction of sp³-hybridized carbons (Fsp3) is 0.350. The van der Waals surface area contributed by atoms with Gasteiger partial charge in [-0.05, 0) is 25.5 Å². The zero-order chi connectivity index (χ0) is 21.7. The van der Waals surface area contributed by atoms with Crippen molar-refractivity contribution in [3.8, 4) is 6.07 Å². The van der Waals surface area contributed by atoms with Crippen LogP contribution in [0.1, 0.15) is 30.3 Å². The van der Waals surface area contributed by atoms with Crippen LogP contribution in [-0.2, 0) is 24.6 Å². The molecule has 0 radical (unpaired) electrons. The van der Waals surface area contributed by atoms with Crippen molar-refractivity contribution in [1.29, 1.82) is 5.26 Å². The Hall–Kier alpha value is -2.77. The first-order valence-corrected chi connectivity index (χ1v) is 11.3. The zero-order valence-corrected chi connectivity index (χ0v) is 18.9. The second-order valence-corrected chi connectivity index (χ2v) is 8.92. The third-order valence-corrected chi connectivity index (χ3v) is 6.93. The lowest BCUT2D eigenvalue weighted by Gasteiger charge is -2.14. The monoisotopic (exact) mass is 441 g/mol. The van der Waals surface area contributed by atoms with Crippen LogP contribution in [0.25, 0.3) is 0 Å². The van der Waals surface area contributed by atoms with E-state index in [2.05, 4.69) is 51.8 Å². The molecule has 0 aliphatic carbocycles. The van der Waals surface area contributed by atoms with E-state index in [0.29, 0.717) is 28.7 Å². The van der Waals surface area contributed by atoms with E-state index in [-0.39, 0.29) is 11.2 Å². The fourth-order valence-electron chi connectivity index (χ4n) is 2.67. The molecule has 156 valence electrons. The van der Waals surface area contributed by atoms with Gasteiger partial charge in [-0.3, -0.25) is 9.48 Å². The van der Waals surface area contributed by atoms with Gasteiger partial charge in [-0.15, -0.1) is 22.0 Å². The molecule has 1 amide bonds. The maximum atomic E-state index is 12.8. The van der Waals surface area contributed by atoms with Crippen molar-refractivity contribution in [3.63, 3.8) is 0 Å². The summed E-state index contributed by atoms with van der Waals surface area (Å²) < 4.78 is 3.41. The number of aryl methyl sites for hydroxylation is 2. The predicted octanol–water partition coefficient (Wildman–Crippen LogP) is 3.53. The number of carbonyl (C=O) groups is 1. The highest BCUT2D eigenvalue weighted by molar-refractivity contribution is 8.00. The van der Waals surface area contributed by atoms with Crippen LogP contribution >= 0.6 is 23.5 Å². The summed E-state index contributed by atoms with van der Waals surface area (Å²) in [6.45, 7) is 4.01. The number of hydrogen-bond donors (Lipinski definition) is 1. The van der Waals surface area contributed by atoms with E-state index < -0.39 is 0 Å². The second kappa shape index (κ2) is 9.82. The summed E-state index contributed by atoms with van der Waals surface area (Å²) in [5.74, 6) is 1.74. The second-order valence-electron chi connectivity index (χ2n) is 6.71. The SMILES string of the molecule is CCC(Sc1nnc(CSc2ccc(C)cc2)n1C)C(=O)Nc1c(C#N)cnn1C. The molecule has 0 aliphatic heterocycles. The maximum Gasteiger partial charge on any atom is 0.239 e. The van der Waals surface area contributed by atoms with E-state index in [1.807, 2.05) is 24.6 Å². The molecule has 0 fully saturated rings. The van der Waals surface area contributed by atoms with E-state index in [1.54, 1.807) is 18.8 Å². The summed E-state index contributed by atoms with van der Waals surface area (Å²) in [4.78, 5) is 14.0. The first-order chi connectivity index (χ1) is 14.4. The quantitative estimate of drug-likeness (QED) is 0.534. The van der Waals surface area contributed by atoms with E-state index in [4.69, 9.17) is 0 Å². The zero-order valence-electron chi connectivity index (χ0n) is 17.3. The average Bonchev–Trinajstić information content (AvgIpc) is 3.27. The number of rotatable bonds is 8. The third kappa shape index (κ3) is 5.04. The average molecular weight is 442 g/mol. The number of aromatic nitrogens is 5. The van der Waals surface area contributed by atoms with Crippen LogP contribution in [0.15, 0.2) is 40.5 Å². The lowest BCUT2D eigenvalue weighted by Crippen LogP contribution is -2.26. The van der Waals surface area contributed by atoms with Gasteiger partial charge < -0.3 is 9.88 Å². The number of benzene rings is 1. The molecule has 0 spiro atoms. The summed E-state index contributed by atoms with van der Waals surface area (Å²) in [7, 11) is 3.60. The van der Waals surface area contributed by atoms with Gasteiger partial charge in [0.2, 0.25) is 5.91 Å². The molecule has 1 aromatic carbocycles. The standard InChI is InChI=1S/C20H23N7OS2/c1-5-16(19(28)23-18-14(10-21)11-22-27(18)4)30-20-25-24-17(26(20)3)12-29-15-8-6-13(2)7-9-15/h6-9,11,16H,5,12H2,1-4H3,(H,23,28). The van der Waals surface area contributed by atoms with Gasteiger partial charge in [-0.25, -0.2) is 0 Å². The van der Waals surface area contributed by atoms with Gasteiger partial charge in [0.05, 0.1) is 17.2 Å². The highest BCUT2D eigenvalue weighted by Crippen LogP contribution is 2.28. The van der Waals surface area contributed by atoms with Crippen molar-refractivity contribution in [2.24, 2.45) is 14.1 Å². The topological polar surface area (TPSA) is 101 Å². The minimum Gasteiger partial charge on any atom is -0.309 e. The minimum atomic E-state index is -0.369. The smallest absolute Gasteiger partial charge is 0.239 e. The summed E-state index contributed by atoms with van der Waals surface area (Å²) >= 11 is 3.06. The molecule has 0 bridgehead atoms. The minimum absolute atomic E-state index is 0.193. The highest BCUT2D eigenvalue weighted by Gasteiger charge is 2.23. The number of nitriles is 1. The molecular weight excluding hydrogens is 418 g/mol. The van der Waals surface area contributed by atoms with Gasteiger partial charge in [-0.1, -0.05) is 36.4 Å². The fourth-order valence-corrected chi connectivity index (χ4v) is 4.48. The van der Waals surface area contributed by atoms with Crippen molar-refractivity contribution in [2.45, 2.75) is 41.3 Å². The van der Waals surface area contributed by atoms with Gasteiger partial charge in [0.15, 0.2) is 5.16 Å². The molecular formula is C20H23N7OS2. The molecule has 1 N–H and O–H groups in total. The number of amides is 1. The van der Waals surface area contributed by atoms with Crippen LogP contribution in [0, 0.1) is 18.3 Å². The van der Waals surface area contributed by atoms with Crippen molar-refractivity contribution in [1.82, 2.24) is 24.5 Å². The number of nitrogens with one attached hydrogen (secondary N) is 1. The molecule has 2 heterocycles. The summed E-state index contributed by atoms with van der Waals surface area (Å²) in [5.41, 5.74) is 1.56. The van der Waals surface area contributed by atoms with E-state index in [9.17, 15) is 10.1 Å². The highest BCUT2D eigenvalue weighted by atomic mass is 32.2. The Bertz CT molecular complexity index is 1070. The summed E-state index contributed by atoms with van der Waals surface area (Å²) in [6.07, 6.45) is 2.04. The molecule has 1 atom stereocenters. The largest absolute Gasteiger partial charge is 0.309 e. The van der Waals surface area contributed by atoms with Crippen molar-refractivity contribution in [2.75, 3.05) is 5.32 Å². The molecule has 3 aromatic rings. The van der Waals surface area contributed by atoms with Crippen molar-refractivity contribution >= 4 is 35.2 Å². The van der Waals surface area contributed by atoms with Crippen LogP contribution < -0.4 is 5.32 Å². The number of thioether (sulfide) groups is 2. The van der Waals surface area contributed by atoms with Crippen LogP contribution in [0.5, 0.6) is 0 Å². The van der Waals surface area contributed by atoms with Crippen molar-refractivity contribution in [3.05, 3.63) is 47.4 Å². The first kappa shape index (κ1) is 21.9. The predicted molar refractivity (Wildman–Crippen MR) is 118 cm³/mol. The Kier molecular flexibility index (Phi) is 7.18. The van der Waals surface area contributed by atoms with Crippen LogP contribution in [0.4, 0.5) is 5.82 Å².